The molecule has 1 aromatic carbocycles. The number of alkyl halides is 3. The second-order valence-corrected chi connectivity index (χ2v) is 8.59. The van der Waals surface area contributed by atoms with Crippen LogP contribution in [0, 0.1) is 0 Å². The second-order valence-electron chi connectivity index (χ2n) is 8.18. The molecule has 2 aliphatic rings. The summed E-state index contributed by atoms with van der Waals surface area (Å²) in [6.45, 7) is 2.66. The van der Waals surface area contributed by atoms with E-state index in [1.165, 1.54) is 18.7 Å². The average molecular weight is 486 g/mol. The fraction of sp³-hybridized carbons (Fsp3) is 0.478. The van der Waals surface area contributed by atoms with Crippen LogP contribution in [0.15, 0.2) is 35.9 Å². The number of methoxy groups -OCH3 is 1. The Morgan fingerprint density at radius 3 is 2.52 bits per heavy atom. The van der Waals surface area contributed by atoms with Crippen molar-refractivity contribution >= 4 is 29.1 Å². The summed E-state index contributed by atoms with van der Waals surface area (Å²) >= 11 is 6.07. The van der Waals surface area contributed by atoms with Gasteiger partial charge >= 0.3 is 12.1 Å². The molecular formula is C23H27ClF3N3O3. The molecule has 1 aliphatic heterocycles. The number of hydrogen-bond acceptors (Lipinski definition) is 4. The van der Waals surface area contributed by atoms with Crippen molar-refractivity contribution in [3.63, 3.8) is 0 Å². The minimum absolute atomic E-state index is 0.0158. The fourth-order valence-corrected chi connectivity index (χ4v) is 4.28. The highest BCUT2D eigenvalue weighted by Gasteiger charge is 2.39. The molecule has 10 heteroatoms. The predicted octanol–water partition coefficient (Wildman–Crippen LogP) is 4.66. The zero-order valence-electron chi connectivity index (χ0n) is 18.5. The van der Waals surface area contributed by atoms with Crippen LogP contribution in [-0.2, 0) is 4.79 Å². The number of carbonyl (C=O) groups excluding carboxylic acids is 2. The Hall–Kier alpha value is -2.52. The first-order valence-electron chi connectivity index (χ1n) is 10.7. The van der Waals surface area contributed by atoms with Gasteiger partial charge in [0.2, 0.25) is 0 Å². The zero-order valence-corrected chi connectivity index (χ0v) is 19.3. The molecular weight excluding hydrogens is 459 g/mol. The normalized spacial score (nSPS) is 17.5. The summed E-state index contributed by atoms with van der Waals surface area (Å²) in [5.74, 6) is -2.47. The van der Waals surface area contributed by atoms with Crippen molar-refractivity contribution in [1.82, 2.24) is 9.80 Å². The van der Waals surface area contributed by atoms with Crippen LogP contribution in [0.3, 0.4) is 0 Å². The molecule has 180 valence electrons. The molecule has 0 atom stereocenters. The number of anilines is 1. The van der Waals surface area contributed by atoms with Crippen molar-refractivity contribution in [1.29, 1.82) is 0 Å². The monoisotopic (exact) mass is 485 g/mol. The molecule has 0 spiro atoms. The van der Waals surface area contributed by atoms with E-state index in [9.17, 15) is 22.8 Å². The molecule has 1 aliphatic carbocycles. The maximum atomic E-state index is 13.2. The van der Waals surface area contributed by atoms with Crippen LogP contribution in [0.25, 0.3) is 0 Å². The third kappa shape index (κ3) is 6.29. The van der Waals surface area contributed by atoms with E-state index in [1.54, 1.807) is 17.3 Å². The number of halogens is 4. The average Bonchev–Trinajstić information content (AvgIpc) is 2.79. The Labute approximate surface area is 196 Å². The van der Waals surface area contributed by atoms with Crippen LogP contribution in [0.2, 0.25) is 5.02 Å². The van der Waals surface area contributed by atoms with Crippen molar-refractivity contribution in [2.45, 2.75) is 37.9 Å². The zero-order chi connectivity index (χ0) is 24.2. The van der Waals surface area contributed by atoms with Gasteiger partial charge in [0.15, 0.2) is 0 Å². The lowest BCUT2D eigenvalue weighted by molar-refractivity contribution is -0.167. The van der Waals surface area contributed by atoms with Gasteiger partial charge in [0.05, 0.1) is 23.4 Å². The molecule has 0 unspecified atom stereocenters. The summed E-state index contributed by atoms with van der Waals surface area (Å²) in [7, 11) is 2.99. The molecule has 1 heterocycles. The molecule has 1 N–H and O–H groups in total. The lowest BCUT2D eigenvalue weighted by atomic mass is 10.00. The van der Waals surface area contributed by atoms with Crippen LogP contribution < -0.4 is 10.1 Å². The van der Waals surface area contributed by atoms with Crippen LogP contribution in [0.5, 0.6) is 5.75 Å². The van der Waals surface area contributed by atoms with Gasteiger partial charge in [-0.3, -0.25) is 14.5 Å². The first-order valence-corrected chi connectivity index (χ1v) is 11.1. The SMILES string of the molecule is COc1cc(NC(=O)C(F)(F)F)c(Cl)cc1C(=O)N(C)C1CCN(CC2=CCC=CC2)CC1. The molecule has 0 aromatic heterocycles. The highest BCUT2D eigenvalue weighted by atomic mass is 35.5. The Morgan fingerprint density at radius 1 is 1.24 bits per heavy atom. The van der Waals surface area contributed by atoms with E-state index >= 15 is 0 Å². The first kappa shape index (κ1) is 25.1. The molecule has 0 bridgehead atoms. The molecule has 3 rings (SSSR count). The van der Waals surface area contributed by atoms with Gasteiger partial charge in [-0.05, 0) is 31.7 Å². The lowest BCUT2D eigenvalue weighted by Gasteiger charge is -2.37. The molecule has 2 amide bonds. The standard InChI is InChI=1S/C23H27ClF3N3O3/c1-29(16-8-10-30(11-9-16)14-15-6-4-3-5-7-15)21(31)17-12-18(24)19(13-20(17)33-2)28-22(32)23(25,26)27/h3-4,7,12-13,16H,5-6,8-11,14H2,1-2H3,(H,28,32). The maximum absolute atomic E-state index is 13.2. The summed E-state index contributed by atoms with van der Waals surface area (Å²) in [5.41, 5.74) is 1.25. The van der Waals surface area contributed by atoms with Gasteiger partial charge in [0, 0.05) is 38.8 Å². The van der Waals surface area contributed by atoms with E-state index in [0.717, 1.165) is 51.4 Å². The van der Waals surface area contributed by atoms with E-state index in [-0.39, 0.29) is 34.0 Å². The Kier molecular flexibility index (Phi) is 8.07. The van der Waals surface area contributed by atoms with Crippen molar-refractivity contribution in [3.05, 3.63) is 46.5 Å². The van der Waals surface area contributed by atoms with Gasteiger partial charge in [0.25, 0.3) is 5.91 Å². The van der Waals surface area contributed by atoms with E-state index in [4.69, 9.17) is 16.3 Å². The molecule has 1 saturated heterocycles. The summed E-state index contributed by atoms with van der Waals surface area (Å²) in [4.78, 5) is 28.4. The largest absolute Gasteiger partial charge is 0.496 e. The maximum Gasteiger partial charge on any atom is 0.471 e. The number of likely N-dealkylation sites (tertiary alicyclic amines) is 1. The van der Waals surface area contributed by atoms with Gasteiger partial charge < -0.3 is 15.0 Å². The number of carbonyl (C=O) groups is 2. The predicted molar refractivity (Wildman–Crippen MR) is 121 cm³/mol. The summed E-state index contributed by atoms with van der Waals surface area (Å²) in [6, 6.07) is 2.37. The van der Waals surface area contributed by atoms with Crippen molar-refractivity contribution in [3.8, 4) is 5.75 Å². The molecule has 33 heavy (non-hydrogen) atoms. The van der Waals surface area contributed by atoms with Gasteiger partial charge in [-0.15, -0.1) is 0 Å². The van der Waals surface area contributed by atoms with Crippen LogP contribution in [-0.4, -0.2) is 67.6 Å². The number of allylic oxidation sites excluding steroid dienone is 3. The van der Waals surface area contributed by atoms with Crippen molar-refractivity contribution in [2.75, 3.05) is 39.1 Å². The Balaban J connectivity index is 1.65. The second kappa shape index (κ2) is 10.6. The van der Waals surface area contributed by atoms with E-state index in [0.29, 0.717) is 0 Å². The van der Waals surface area contributed by atoms with E-state index in [2.05, 4.69) is 23.1 Å². The number of nitrogens with one attached hydrogen (secondary N) is 1. The number of piperidine rings is 1. The molecule has 6 nitrogen and oxygen atoms in total. The van der Waals surface area contributed by atoms with E-state index in [1.807, 2.05) is 0 Å². The molecule has 1 fully saturated rings. The third-order valence-corrected chi connectivity index (χ3v) is 6.28. The van der Waals surface area contributed by atoms with Crippen molar-refractivity contribution in [2.24, 2.45) is 0 Å². The van der Waals surface area contributed by atoms with Gasteiger partial charge in [-0.25, -0.2) is 0 Å². The van der Waals surface area contributed by atoms with Gasteiger partial charge in [-0.2, -0.15) is 13.2 Å². The molecule has 0 radical (unpaired) electrons. The smallest absolute Gasteiger partial charge is 0.471 e. The fourth-order valence-electron chi connectivity index (χ4n) is 4.06. The Morgan fingerprint density at radius 2 is 1.94 bits per heavy atom. The number of nitrogens with zero attached hydrogens (tertiary/aromatic N) is 2. The summed E-state index contributed by atoms with van der Waals surface area (Å²) in [5, 5.41) is 1.52. The van der Waals surface area contributed by atoms with Crippen molar-refractivity contribution < 1.29 is 27.5 Å². The number of amides is 2. The number of benzene rings is 1. The quantitative estimate of drug-likeness (QED) is 0.595. The van der Waals surface area contributed by atoms with Crippen LogP contribution in [0.4, 0.5) is 18.9 Å². The highest BCUT2D eigenvalue weighted by Crippen LogP contribution is 2.33. The third-order valence-electron chi connectivity index (χ3n) is 5.97. The topological polar surface area (TPSA) is 61.9 Å². The lowest BCUT2D eigenvalue weighted by Crippen LogP contribution is -2.46. The van der Waals surface area contributed by atoms with Gasteiger partial charge in [-0.1, -0.05) is 35.4 Å². The molecule has 1 aromatic rings. The number of rotatable bonds is 6. The Bertz CT molecular complexity index is 954. The molecule has 0 saturated carbocycles. The first-order chi connectivity index (χ1) is 15.6. The summed E-state index contributed by atoms with van der Waals surface area (Å²) < 4.78 is 42.9. The van der Waals surface area contributed by atoms with Gasteiger partial charge in [0.1, 0.15) is 5.75 Å². The number of ether oxygens (including phenoxy) is 1. The summed E-state index contributed by atoms with van der Waals surface area (Å²) in [6.07, 6.45) is 5.12. The minimum atomic E-state index is -5.07. The van der Waals surface area contributed by atoms with E-state index < -0.39 is 12.1 Å². The highest BCUT2D eigenvalue weighted by molar-refractivity contribution is 6.34. The number of hydrogen-bond donors (Lipinski definition) is 1. The van der Waals surface area contributed by atoms with Crippen LogP contribution >= 0.6 is 11.6 Å². The minimum Gasteiger partial charge on any atom is -0.496 e. The van der Waals surface area contributed by atoms with Crippen LogP contribution in [0.1, 0.15) is 36.0 Å².